The summed E-state index contributed by atoms with van der Waals surface area (Å²) in [6.45, 7) is 1.55. The zero-order chi connectivity index (χ0) is 13.8. The maximum Gasteiger partial charge on any atom is 0.407 e. The summed E-state index contributed by atoms with van der Waals surface area (Å²) in [4.78, 5) is 28.1. The van der Waals surface area contributed by atoms with Gasteiger partial charge in [0.2, 0.25) is 0 Å². The van der Waals surface area contributed by atoms with Crippen LogP contribution in [0.5, 0.6) is 0 Å². The average molecular weight is 348 g/mol. The molecule has 104 valence electrons. The van der Waals surface area contributed by atoms with Gasteiger partial charge in [0.25, 0.3) is 5.91 Å². The number of piperidine rings is 1. The Morgan fingerprint density at radius 1 is 1.63 bits per heavy atom. The molecule has 2 N–H and O–H groups in total. The number of carboxylic acid groups (broad SMARTS) is 1. The van der Waals surface area contributed by atoms with Crippen LogP contribution in [0.2, 0.25) is 0 Å². The Labute approximate surface area is 122 Å². The number of hydrogen-bond acceptors (Lipinski definition) is 4. The van der Waals surface area contributed by atoms with Gasteiger partial charge in [-0.05, 0) is 34.7 Å². The maximum atomic E-state index is 11.8. The summed E-state index contributed by atoms with van der Waals surface area (Å²) >= 11 is 4.53. The molecular formula is C11H14BrN3O3S. The molecule has 19 heavy (non-hydrogen) atoms. The van der Waals surface area contributed by atoms with E-state index in [0.717, 1.165) is 16.6 Å². The lowest BCUT2D eigenvalue weighted by Crippen LogP contribution is -2.43. The summed E-state index contributed by atoms with van der Waals surface area (Å²) in [6.07, 6.45) is 2.48. The first-order chi connectivity index (χ1) is 9.06. The second kappa shape index (κ2) is 6.33. The maximum absolute atomic E-state index is 11.8. The second-order valence-electron chi connectivity index (χ2n) is 4.42. The highest BCUT2D eigenvalue weighted by molar-refractivity contribution is 9.11. The fourth-order valence-electron chi connectivity index (χ4n) is 2.08. The molecule has 1 aliphatic rings. The standard InChI is InChI=1S/C11H14BrN3O3S/c12-8-5-14-10(19-8)9(16)13-4-7-2-1-3-15(6-7)11(17)18/h5,7H,1-4,6H2,(H,13,16)(H,17,18)/t7-/m0/s1. The highest BCUT2D eigenvalue weighted by Crippen LogP contribution is 2.19. The van der Waals surface area contributed by atoms with Gasteiger partial charge < -0.3 is 15.3 Å². The number of nitrogens with zero attached hydrogens (tertiary/aromatic N) is 2. The summed E-state index contributed by atoms with van der Waals surface area (Å²) in [6, 6.07) is 0. The number of nitrogens with one attached hydrogen (secondary N) is 1. The zero-order valence-electron chi connectivity index (χ0n) is 10.1. The van der Waals surface area contributed by atoms with Crippen molar-refractivity contribution in [2.24, 2.45) is 5.92 Å². The van der Waals surface area contributed by atoms with Crippen LogP contribution in [0.3, 0.4) is 0 Å². The fraction of sp³-hybridized carbons (Fsp3) is 0.545. The average Bonchev–Trinajstić information content (AvgIpc) is 2.83. The minimum Gasteiger partial charge on any atom is -0.465 e. The Bertz CT molecular complexity index is 480. The Morgan fingerprint density at radius 3 is 3.05 bits per heavy atom. The van der Waals surface area contributed by atoms with Crippen molar-refractivity contribution in [3.8, 4) is 0 Å². The number of carbonyl (C=O) groups is 2. The van der Waals surface area contributed by atoms with Crippen molar-refractivity contribution >= 4 is 39.3 Å². The van der Waals surface area contributed by atoms with Crippen LogP contribution in [0, 0.1) is 5.92 Å². The first-order valence-corrected chi connectivity index (χ1v) is 7.54. The molecule has 6 nitrogen and oxygen atoms in total. The van der Waals surface area contributed by atoms with Gasteiger partial charge in [0.15, 0.2) is 5.01 Å². The number of hydrogen-bond donors (Lipinski definition) is 2. The number of thiazole rings is 1. The number of likely N-dealkylation sites (tertiary alicyclic amines) is 1. The molecule has 1 aliphatic heterocycles. The predicted molar refractivity (Wildman–Crippen MR) is 74.5 cm³/mol. The molecular weight excluding hydrogens is 334 g/mol. The SMILES string of the molecule is O=C(NC[C@@H]1CCCN(C(=O)O)C1)c1ncc(Br)s1. The lowest BCUT2D eigenvalue weighted by Gasteiger charge is -2.30. The minimum atomic E-state index is -0.889. The van der Waals surface area contributed by atoms with Crippen molar-refractivity contribution in [3.63, 3.8) is 0 Å². The lowest BCUT2D eigenvalue weighted by molar-refractivity contribution is 0.0928. The van der Waals surface area contributed by atoms with Gasteiger partial charge in [0.1, 0.15) is 0 Å². The number of rotatable bonds is 3. The normalized spacial score (nSPS) is 19.2. The van der Waals surface area contributed by atoms with Crippen LogP contribution in [-0.2, 0) is 0 Å². The first kappa shape index (κ1) is 14.3. The van der Waals surface area contributed by atoms with Crippen LogP contribution in [0.4, 0.5) is 4.79 Å². The third kappa shape index (κ3) is 3.90. The molecule has 8 heteroatoms. The van der Waals surface area contributed by atoms with E-state index >= 15 is 0 Å². The Morgan fingerprint density at radius 2 is 2.42 bits per heavy atom. The van der Waals surface area contributed by atoms with E-state index in [2.05, 4.69) is 26.2 Å². The van der Waals surface area contributed by atoms with E-state index in [-0.39, 0.29) is 11.8 Å². The van der Waals surface area contributed by atoms with Crippen molar-refractivity contribution in [2.45, 2.75) is 12.8 Å². The summed E-state index contributed by atoms with van der Waals surface area (Å²) in [5, 5.41) is 12.2. The first-order valence-electron chi connectivity index (χ1n) is 5.93. The lowest BCUT2D eigenvalue weighted by atomic mass is 9.98. The third-order valence-electron chi connectivity index (χ3n) is 3.01. The molecule has 1 saturated heterocycles. The van der Waals surface area contributed by atoms with Gasteiger partial charge in [0.05, 0.1) is 9.98 Å². The highest BCUT2D eigenvalue weighted by Gasteiger charge is 2.23. The number of carbonyl (C=O) groups excluding carboxylic acids is 1. The van der Waals surface area contributed by atoms with Gasteiger partial charge >= 0.3 is 6.09 Å². The van der Waals surface area contributed by atoms with Crippen LogP contribution < -0.4 is 5.32 Å². The fourth-order valence-corrected chi connectivity index (χ4v) is 3.20. The summed E-state index contributed by atoms with van der Waals surface area (Å²) in [5.41, 5.74) is 0. The highest BCUT2D eigenvalue weighted by atomic mass is 79.9. The van der Waals surface area contributed by atoms with E-state index in [4.69, 9.17) is 5.11 Å². The summed E-state index contributed by atoms with van der Waals surface area (Å²) < 4.78 is 0.812. The number of amides is 2. The Kier molecular flexibility index (Phi) is 4.76. The molecule has 1 aromatic heterocycles. The van der Waals surface area contributed by atoms with E-state index < -0.39 is 6.09 Å². The van der Waals surface area contributed by atoms with Crippen molar-refractivity contribution in [1.29, 1.82) is 0 Å². The molecule has 1 atom stereocenters. The van der Waals surface area contributed by atoms with Gasteiger partial charge in [-0.1, -0.05) is 0 Å². The molecule has 2 amide bonds. The van der Waals surface area contributed by atoms with Crippen molar-refractivity contribution in [1.82, 2.24) is 15.2 Å². The zero-order valence-corrected chi connectivity index (χ0v) is 12.5. The smallest absolute Gasteiger partial charge is 0.407 e. The van der Waals surface area contributed by atoms with Crippen LogP contribution in [0.1, 0.15) is 22.6 Å². The summed E-state index contributed by atoms with van der Waals surface area (Å²) in [7, 11) is 0. The van der Waals surface area contributed by atoms with E-state index in [0.29, 0.717) is 24.6 Å². The van der Waals surface area contributed by atoms with Crippen molar-refractivity contribution in [2.75, 3.05) is 19.6 Å². The molecule has 0 unspecified atom stereocenters. The van der Waals surface area contributed by atoms with E-state index in [1.165, 1.54) is 16.2 Å². The molecule has 0 radical (unpaired) electrons. The van der Waals surface area contributed by atoms with Crippen LogP contribution in [0.25, 0.3) is 0 Å². The minimum absolute atomic E-state index is 0.178. The topological polar surface area (TPSA) is 82.5 Å². The molecule has 0 bridgehead atoms. The number of aromatic nitrogens is 1. The second-order valence-corrected chi connectivity index (χ2v) is 6.83. The third-order valence-corrected chi connectivity index (χ3v) is 4.49. The quantitative estimate of drug-likeness (QED) is 0.876. The van der Waals surface area contributed by atoms with Crippen LogP contribution in [0.15, 0.2) is 9.98 Å². The molecule has 1 fully saturated rings. The monoisotopic (exact) mass is 347 g/mol. The Balaban J connectivity index is 1.82. The molecule has 1 aromatic rings. The van der Waals surface area contributed by atoms with Gasteiger partial charge in [-0.3, -0.25) is 4.79 Å². The largest absolute Gasteiger partial charge is 0.465 e. The Hall–Kier alpha value is -1.15. The van der Waals surface area contributed by atoms with E-state index in [9.17, 15) is 9.59 Å². The summed E-state index contributed by atoms with van der Waals surface area (Å²) in [5.74, 6) is -0.0275. The van der Waals surface area contributed by atoms with E-state index in [1.807, 2.05) is 0 Å². The van der Waals surface area contributed by atoms with Crippen LogP contribution in [-0.4, -0.2) is 46.6 Å². The van der Waals surface area contributed by atoms with Gasteiger partial charge in [-0.2, -0.15) is 0 Å². The molecule has 0 aromatic carbocycles. The van der Waals surface area contributed by atoms with Gasteiger partial charge in [0, 0.05) is 19.6 Å². The molecule has 2 heterocycles. The molecule has 0 saturated carbocycles. The molecule has 0 aliphatic carbocycles. The van der Waals surface area contributed by atoms with Crippen LogP contribution >= 0.6 is 27.3 Å². The number of halogens is 1. The van der Waals surface area contributed by atoms with Gasteiger partial charge in [-0.15, -0.1) is 11.3 Å². The van der Waals surface area contributed by atoms with Crippen molar-refractivity contribution in [3.05, 3.63) is 15.0 Å². The van der Waals surface area contributed by atoms with Gasteiger partial charge in [-0.25, -0.2) is 9.78 Å². The molecule has 2 rings (SSSR count). The molecule has 0 spiro atoms. The van der Waals surface area contributed by atoms with E-state index in [1.54, 1.807) is 6.20 Å². The van der Waals surface area contributed by atoms with Crippen molar-refractivity contribution < 1.29 is 14.7 Å². The predicted octanol–water partition coefficient (Wildman–Crippen LogP) is 2.03.